The van der Waals surface area contributed by atoms with Crippen LogP contribution in [0.15, 0.2) is 125 Å². The molecule has 0 saturated heterocycles. The average Bonchev–Trinajstić information content (AvgIpc) is 3.62. The summed E-state index contributed by atoms with van der Waals surface area (Å²) in [6.07, 6.45) is 3.93. The molecule has 2 heterocycles. The van der Waals surface area contributed by atoms with Gasteiger partial charge in [-0.05, 0) is 86.0 Å². The number of rotatable bonds is 10. The SMILES string of the molecule is Cc1ccc(SCC2=NN(c3ccccc3)C(=O)C2=Cc2cn(-c3ccccc3)nc2-c2ccc(OCC(C)C)c(C)c2)cc1. The lowest BCUT2D eigenvalue weighted by atomic mass is 10.0. The molecule has 0 unspecified atom stereocenters. The van der Waals surface area contributed by atoms with Gasteiger partial charge in [0.1, 0.15) is 5.75 Å². The van der Waals surface area contributed by atoms with Crippen LogP contribution in [-0.2, 0) is 4.79 Å². The highest BCUT2D eigenvalue weighted by Crippen LogP contribution is 2.33. The van der Waals surface area contributed by atoms with E-state index in [0.29, 0.717) is 23.9 Å². The van der Waals surface area contributed by atoms with Crippen molar-refractivity contribution in [3.63, 3.8) is 0 Å². The second-order valence-corrected chi connectivity index (χ2v) is 12.6. The average molecular weight is 613 g/mol. The summed E-state index contributed by atoms with van der Waals surface area (Å²) < 4.78 is 7.92. The summed E-state index contributed by atoms with van der Waals surface area (Å²) >= 11 is 1.67. The lowest BCUT2D eigenvalue weighted by molar-refractivity contribution is -0.114. The molecule has 6 rings (SSSR count). The highest BCUT2D eigenvalue weighted by atomic mass is 32.2. The number of ether oxygens (including phenoxy) is 1. The molecule has 0 bridgehead atoms. The number of thioether (sulfide) groups is 1. The van der Waals surface area contributed by atoms with Crippen molar-refractivity contribution in [2.45, 2.75) is 32.6 Å². The fourth-order valence-electron chi connectivity index (χ4n) is 5.04. The topological polar surface area (TPSA) is 59.7 Å². The van der Waals surface area contributed by atoms with Crippen LogP contribution in [0.4, 0.5) is 5.69 Å². The number of aryl methyl sites for hydroxylation is 2. The standard InChI is InChI=1S/C38H36N4O2S/c1-26(2)24-44-36-20-17-29(21-28(36)4)37-30(23-41(40-37)31-11-7-5-8-12-31)22-34-35(25-45-33-18-15-27(3)16-19-33)39-42(38(34)43)32-13-9-6-10-14-32/h5-23,26H,24-25H2,1-4H3. The minimum Gasteiger partial charge on any atom is -0.493 e. The quantitative estimate of drug-likeness (QED) is 0.117. The Morgan fingerprint density at radius 3 is 2.22 bits per heavy atom. The number of benzene rings is 4. The third kappa shape index (κ3) is 6.94. The molecule has 0 atom stereocenters. The van der Waals surface area contributed by atoms with E-state index in [1.807, 2.05) is 89.8 Å². The molecule has 0 spiro atoms. The molecule has 1 aliphatic rings. The number of hydrogen-bond donors (Lipinski definition) is 0. The van der Waals surface area contributed by atoms with Gasteiger partial charge in [0.2, 0.25) is 0 Å². The number of carbonyl (C=O) groups excluding carboxylic acids is 1. The first-order valence-corrected chi connectivity index (χ1v) is 16.1. The molecule has 6 nitrogen and oxygen atoms in total. The Morgan fingerprint density at radius 2 is 1.56 bits per heavy atom. The highest BCUT2D eigenvalue weighted by Gasteiger charge is 2.31. The third-order valence-electron chi connectivity index (χ3n) is 7.44. The maximum absolute atomic E-state index is 14.0. The molecule has 1 amide bonds. The second-order valence-electron chi connectivity index (χ2n) is 11.6. The van der Waals surface area contributed by atoms with Crippen LogP contribution in [0.3, 0.4) is 0 Å². The molecule has 5 aromatic rings. The molecular weight excluding hydrogens is 577 g/mol. The van der Waals surface area contributed by atoms with E-state index in [1.54, 1.807) is 11.8 Å². The fraction of sp³-hybridized carbons (Fsp3) is 0.184. The first-order valence-electron chi connectivity index (χ1n) is 15.1. The van der Waals surface area contributed by atoms with Gasteiger partial charge in [-0.2, -0.15) is 15.2 Å². The zero-order chi connectivity index (χ0) is 31.3. The maximum Gasteiger partial charge on any atom is 0.280 e. The molecule has 4 aromatic carbocycles. The minimum absolute atomic E-state index is 0.160. The summed E-state index contributed by atoms with van der Waals surface area (Å²) in [4.78, 5) is 15.1. The highest BCUT2D eigenvalue weighted by molar-refractivity contribution is 8.00. The van der Waals surface area contributed by atoms with E-state index in [0.717, 1.165) is 50.1 Å². The van der Waals surface area contributed by atoms with Crippen LogP contribution in [0.2, 0.25) is 0 Å². The summed E-state index contributed by atoms with van der Waals surface area (Å²) in [5, 5.41) is 11.4. The van der Waals surface area contributed by atoms with E-state index in [2.05, 4.69) is 58.0 Å². The van der Waals surface area contributed by atoms with Gasteiger partial charge in [0.15, 0.2) is 0 Å². The molecule has 7 heteroatoms. The number of nitrogens with zero attached hydrogens (tertiary/aromatic N) is 4. The minimum atomic E-state index is -0.160. The fourth-order valence-corrected chi connectivity index (χ4v) is 5.89. The predicted octanol–water partition coefficient (Wildman–Crippen LogP) is 8.77. The van der Waals surface area contributed by atoms with E-state index in [-0.39, 0.29) is 5.91 Å². The number of para-hydroxylation sites is 2. The van der Waals surface area contributed by atoms with Crippen molar-refractivity contribution in [3.8, 4) is 22.7 Å². The third-order valence-corrected chi connectivity index (χ3v) is 8.46. The van der Waals surface area contributed by atoms with Gasteiger partial charge in [-0.15, -0.1) is 11.8 Å². The van der Waals surface area contributed by atoms with Crippen LogP contribution in [0.1, 0.15) is 30.5 Å². The molecule has 0 fully saturated rings. The van der Waals surface area contributed by atoms with Gasteiger partial charge in [-0.25, -0.2) is 4.68 Å². The Kier molecular flexibility index (Phi) is 8.98. The molecule has 226 valence electrons. The first-order chi connectivity index (χ1) is 21.9. The zero-order valence-electron chi connectivity index (χ0n) is 26.0. The van der Waals surface area contributed by atoms with Gasteiger partial charge in [0.05, 0.1) is 35.0 Å². The van der Waals surface area contributed by atoms with Gasteiger partial charge in [0.25, 0.3) is 5.91 Å². The summed E-state index contributed by atoms with van der Waals surface area (Å²) in [5.74, 6) is 1.69. The van der Waals surface area contributed by atoms with Crippen molar-refractivity contribution in [2.75, 3.05) is 17.4 Å². The number of anilines is 1. The van der Waals surface area contributed by atoms with Crippen molar-refractivity contribution in [2.24, 2.45) is 11.0 Å². The van der Waals surface area contributed by atoms with Gasteiger partial charge in [-0.1, -0.05) is 67.9 Å². The van der Waals surface area contributed by atoms with Gasteiger partial charge >= 0.3 is 0 Å². The largest absolute Gasteiger partial charge is 0.493 e. The van der Waals surface area contributed by atoms with Crippen LogP contribution >= 0.6 is 11.8 Å². The van der Waals surface area contributed by atoms with E-state index in [4.69, 9.17) is 14.9 Å². The van der Waals surface area contributed by atoms with Crippen LogP contribution in [-0.4, -0.2) is 33.8 Å². The molecule has 0 saturated carbocycles. The van der Waals surface area contributed by atoms with Crippen LogP contribution in [0, 0.1) is 19.8 Å². The Morgan fingerprint density at radius 1 is 0.867 bits per heavy atom. The Hall–Kier alpha value is -4.88. The van der Waals surface area contributed by atoms with Gasteiger partial charge in [-0.3, -0.25) is 4.79 Å². The summed E-state index contributed by atoms with van der Waals surface area (Å²) in [6.45, 7) is 9.06. The smallest absolute Gasteiger partial charge is 0.280 e. The Balaban J connectivity index is 1.42. The zero-order valence-corrected chi connectivity index (χ0v) is 26.8. The van der Waals surface area contributed by atoms with Gasteiger partial charge in [0, 0.05) is 28.0 Å². The monoisotopic (exact) mass is 612 g/mol. The number of aromatic nitrogens is 2. The Labute approximate surface area is 269 Å². The lowest BCUT2D eigenvalue weighted by Crippen LogP contribution is -2.21. The number of carbonyl (C=O) groups is 1. The Bertz CT molecular complexity index is 1860. The van der Waals surface area contributed by atoms with Crippen LogP contribution in [0.5, 0.6) is 5.75 Å². The molecule has 0 aliphatic carbocycles. The predicted molar refractivity (Wildman–Crippen MR) is 185 cm³/mol. The van der Waals surface area contributed by atoms with Crippen molar-refractivity contribution in [1.29, 1.82) is 0 Å². The van der Waals surface area contributed by atoms with E-state index in [9.17, 15) is 4.79 Å². The van der Waals surface area contributed by atoms with Crippen LogP contribution < -0.4 is 9.75 Å². The van der Waals surface area contributed by atoms with E-state index < -0.39 is 0 Å². The maximum atomic E-state index is 14.0. The van der Waals surface area contributed by atoms with E-state index in [1.165, 1.54) is 10.6 Å². The van der Waals surface area contributed by atoms with Crippen molar-refractivity contribution in [3.05, 3.63) is 132 Å². The molecular formula is C38H36N4O2S. The summed E-state index contributed by atoms with van der Waals surface area (Å²) in [7, 11) is 0. The first kappa shape index (κ1) is 30.2. The lowest BCUT2D eigenvalue weighted by Gasteiger charge is -2.12. The van der Waals surface area contributed by atoms with E-state index >= 15 is 0 Å². The van der Waals surface area contributed by atoms with Crippen molar-refractivity contribution < 1.29 is 9.53 Å². The van der Waals surface area contributed by atoms with Gasteiger partial charge < -0.3 is 4.74 Å². The number of amides is 1. The number of hydrogen-bond acceptors (Lipinski definition) is 5. The number of hydrazone groups is 1. The van der Waals surface area contributed by atoms with Crippen molar-refractivity contribution in [1.82, 2.24) is 9.78 Å². The normalized spacial score (nSPS) is 14.0. The molecule has 45 heavy (non-hydrogen) atoms. The molecule has 0 N–H and O–H groups in total. The second kappa shape index (κ2) is 13.4. The molecule has 0 radical (unpaired) electrons. The summed E-state index contributed by atoms with van der Waals surface area (Å²) in [5.41, 5.74) is 7.75. The van der Waals surface area contributed by atoms with Crippen molar-refractivity contribution >= 4 is 35.1 Å². The molecule has 1 aromatic heterocycles. The molecule has 1 aliphatic heterocycles. The van der Waals surface area contributed by atoms with Crippen LogP contribution in [0.25, 0.3) is 23.0 Å². The summed E-state index contributed by atoms with van der Waals surface area (Å²) in [6, 6.07) is 34.1.